The zero-order valence-corrected chi connectivity index (χ0v) is 17.9. The SMILES string of the molecule is CSC(=N)N1CCSC(/C(=N\c2ccc(C(F)(F)F)cc2)c2ccccc2Cl)C1. The zero-order chi connectivity index (χ0) is 21.0. The Hall–Kier alpha value is -1.64. The molecule has 154 valence electrons. The zero-order valence-electron chi connectivity index (χ0n) is 15.5. The van der Waals surface area contributed by atoms with Gasteiger partial charge in [0.15, 0.2) is 5.17 Å². The molecule has 1 unspecified atom stereocenters. The van der Waals surface area contributed by atoms with Crippen molar-refractivity contribution in [1.29, 1.82) is 5.41 Å². The van der Waals surface area contributed by atoms with E-state index in [1.165, 1.54) is 23.9 Å². The number of hydrogen-bond donors (Lipinski definition) is 1. The van der Waals surface area contributed by atoms with E-state index in [-0.39, 0.29) is 5.25 Å². The normalized spacial score (nSPS) is 18.0. The van der Waals surface area contributed by atoms with Gasteiger partial charge >= 0.3 is 6.18 Å². The molecule has 1 saturated heterocycles. The maximum atomic E-state index is 12.9. The van der Waals surface area contributed by atoms with E-state index in [1.54, 1.807) is 17.8 Å². The topological polar surface area (TPSA) is 39.5 Å². The summed E-state index contributed by atoms with van der Waals surface area (Å²) in [6, 6.07) is 12.1. The predicted octanol–water partition coefficient (Wildman–Crippen LogP) is 6.19. The smallest absolute Gasteiger partial charge is 0.349 e. The van der Waals surface area contributed by atoms with E-state index in [0.717, 1.165) is 30.0 Å². The Labute approximate surface area is 181 Å². The molecular formula is C20H19ClF3N3S2. The second kappa shape index (κ2) is 9.45. The van der Waals surface area contributed by atoms with Gasteiger partial charge in [0.25, 0.3) is 0 Å². The summed E-state index contributed by atoms with van der Waals surface area (Å²) < 4.78 is 38.6. The molecule has 29 heavy (non-hydrogen) atoms. The third-order valence-corrected chi connectivity index (χ3v) is 6.61. The van der Waals surface area contributed by atoms with Gasteiger partial charge in [0, 0.05) is 29.4 Å². The van der Waals surface area contributed by atoms with Crippen molar-refractivity contribution in [1.82, 2.24) is 4.90 Å². The highest BCUT2D eigenvalue weighted by molar-refractivity contribution is 8.13. The lowest BCUT2D eigenvalue weighted by Gasteiger charge is -2.34. The Kier molecular flexibility index (Phi) is 7.19. The van der Waals surface area contributed by atoms with Crippen molar-refractivity contribution < 1.29 is 13.2 Å². The molecule has 1 N–H and O–H groups in total. The van der Waals surface area contributed by atoms with E-state index in [1.807, 2.05) is 29.4 Å². The average molecular weight is 458 g/mol. The number of alkyl halides is 3. The minimum absolute atomic E-state index is 0.0570. The predicted molar refractivity (Wildman–Crippen MR) is 118 cm³/mol. The number of halogens is 4. The molecule has 1 aliphatic rings. The van der Waals surface area contributed by atoms with E-state index in [2.05, 4.69) is 0 Å². The van der Waals surface area contributed by atoms with Crippen LogP contribution < -0.4 is 0 Å². The van der Waals surface area contributed by atoms with Gasteiger partial charge in [0.1, 0.15) is 0 Å². The molecule has 9 heteroatoms. The van der Waals surface area contributed by atoms with Crippen LogP contribution in [-0.2, 0) is 6.18 Å². The maximum Gasteiger partial charge on any atom is 0.416 e. The van der Waals surface area contributed by atoms with Crippen LogP contribution in [0.4, 0.5) is 18.9 Å². The second-order valence-electron chi connectivity index (χ2n) is 6.34. The van der Waals surface area contributed by atoms with E-state index < -0.39 is 11.7 Å². The Morgan fingerprint density at radius 1 is 1.21 bits per heavy atom. The summed E-state index contributed by atoms with van der Waals surface area (Å²) in [5.41, 5.74) is 1.19. The Morgan fingerprint density at radius 3 is 2.52 bits per heavy atom. The van der Waals surface area contributed by atoms with Gasteiger partial charge in [-0.15, -0.1) is 11.8 Å². The fourth-order valence-electron chi connectivity index (χ4n) is 2.97. The number of nitrogens with zero attached hydrogens (tertiary/aromatic N) is 2. The number of amidine groups is 1. The summed E-state index contributed by atoms with van der Waals surface area (Å²) in [6.07, 6.45) is -2.52. The van der Waals surface area contributed by atoms with Crippen molar-refractivity contribution in [2.24, 2.45) is 4.99 Å². The molecule has 1 heterocycles. The van der Waals surface area contributed by atoms with Crippen LogP contribution in [0.3, 0.4) is 0 Å². The van der Waals surface area contributed by atoms with Crippen molar-refractivity contribution in [3.05, 3.63) is 64.7 Å². The van der Waals surface area contributed by atoms with Crippen molar-refractivity contribution in [2.75, 3.05) is 25.1 Å². The second-order valence-corrected chi connectivity index (χ2v) is 8.85. The summed E-state index contributed by atoms with van der Waals surface area (Å²) in [7, 11) is 0. The summed E-state index contributed by atoms with van der Waals surface area (Å²) in [4.78, 5) is 6.69. The summed E-state index contributed by atoms with van der Waals surface area (Å²) >= 11 is 9.51. The first-order valence-electron chi connectivity index (χ1n) is 8.79. The van der Waals surface area contributed by atoms with Crippen molar-refractivity contribution in [2.45, 2.75) is 11.4 Å². The Bertz CT molecular complexity index is 901. The quantitative estimate of drug-likeness (QED) is 0.441. The number of rotatable bonds is 3. The number of hydrogen-bond acceptors (Lipinski definition) is 4. The number of aliphatic imine (C=N–C) groups is 1. The highest BCUT2D eigenvalue weighted by Gasteiger charge is 2.30. The molecule has 3 nitrogen and oxygen atoms in total. The average Bonchev–Trinajstić information content (AvgIpc) is 2.72. The van der Waals surface area contributed by atoms with Gasteiger partial charge in [-0.1, -0.05) is 41.6 Å². The van der Waals surface area contributed by atoms with Gasteiger partial charge in [0.05, 0.1) is 22.2 Å². The molecule has 2 aromatic rings. The largest absolute Gasteiger partial charge is 0.416 e. The minimum Gasteiger partial charge on any atom is -0.349 e. The summed E-state index contributed by atoms with van der Waals surface area (Å²) in [5, 5.41) is 9.09. The molecule has 3 rings (SSSR count). The lowest BCUT2D eigenvalue weighted by Crippen LogP contribution is -2.43. The maximum absolute atomic E-state index is 12.9. The van der Waals surface area contributed by atoms with Gasteiger partial charge in [0.2, 0.25) is 0 Å². The number of benzene rings is 2. The van der Waals surface area contributed by atoms with Crippen LogP contribution in [0.25, 0.3) is 0 Å². The van der Waals surface area contributed by atoms with Crippen LogP contribution in [0, 0.1) is 5.41 Å². The fraction of sp³-hybridized carbons (Fsp3) is 0.300. The van der Waals surface area contributed by atoms with Gasteiger partial charge in [-0.05, 0) is 36.6 Å². The van der Waals surface area contributed by atoms with E-state index >= 15 is 0 Å². The third-order valence-electron chi connectivity index (χ3n) is 4.45. The highest BCUT2D eigenvalue weighted by Crippen LogP contribution is 2.32. The van der Waals surface area contributed by atoms with Crippen LogP contribution in [0.5, 0.6) is 0 Å². The molecule has 0 radical (unpaired) electrons. The molecule has 0 aliphatic carbocycles. The van der Waals surface area contributed by atoms with Crippen LogP contribution in [-0.4, -0.2) is 46.1 Å². The number of thioether (sulfide) groups is 2. The molecule has 1 fully saturated rings. The first-order chi connectivity index (χ1) is 13.8. The molecule has 0 amide bonds. The third kappa shape index (κ3) is 5.49. The van der Waals surface area contributed by atoms with Gasteiger partial charge in [-0.2, -0.15) is 13.2 Å². The Morgan fingerprint density at radius 2 is 1.90 bits per heavy atom. The van der Waals surface area contributed by atoms with Gasteiger partial charge < -0.3 is 4.90 Å². The first kappa shape index (κ1) is 22.1. The van der Waals surface area contributed by atoms with Gasteiger partial charge in [-0.25, -0.2) is 0 Å². The molecule has 0 saturated carbocycles. The molecule has 0 aromatic heterocycles. The van der Waals surface area contributed by atoms with Crippen molar-refractivity contribution >= 4 is 51.7 Å². The van der Waals surface area contributed by atoms with E-state index in [0.29, 0.717) is 28.1 Å². The first-order valence-corrected chi connectivity index (χ1v) is 11.4. The minimum atomic E-state index is -4.38. The monoisotopic (exact) mass is 457 g/mol. The van der Waals surface area contributed by atoms with Crippen LogP contribution >= 0.6 is 35.1 Å². The lowest BCUT2D eigenvalue weighted by molar-refractivity contribution is -0.137. The van der Waals surface area contributed by atoms with Crippen LogP contribution in [0.1, 0.15) is 11.1 Å². The van der Waals surface area contributed by atoms with Crippen LogP contribution in [0.2, 0.25) is 5.02 Å². The van der Waals surface area contributed by atoms with E-state index in [4.69, 9.17) is 22.0 Å². The standard InChI is InChI=1S/C20H19ClF3N3S2/c1-28-19(25)27-10-11-29-17(12-27)18(15-4-2-3-5-16(15)21)26-14-8-6-13(7-9-14)20(22,23)24/h2-9,17,25H,10-12H2,1H3/b25-19?,26-18-. The highest BCUT2D eigenvalue weighted by atomic mass is 35.5. The lowest BCUT2D eigenvalue weighted by atomic mass is 10.1. The van der Waals surface area contributed by atoms with Crippen molar-refractivity contribution in [3.63, 3.8) is 0 Å². The Balaban J connectivity index is 1.99. The van der Waals surface area contributed by atoms with Gasteiger partial charge in [-0.3, -0.25) is 10.4 Å². The number of nitrogens with one attached hydrogen (secondary N) is 1. The van der Waals surface area contributed by atoms with E-state index in [9.17, 15) is 13.2 Å². The molecule has 0 spiro atoms. The summed E-state index contributed by atoms with van der Waals surface area (Å²) in [6.45, 7) is 1.37. The fourth-order valence-corrected chi connectivity index (χ4v) is 4.86. The van der Waals surface area contributed by atoms with Crippen molar-refractivity contribution in [3.8, 4) is 0 Å². The molecule has 0 bridgehead atoms. The molecule has 1 atom stereocenters. The molecular weight excluding hydrogens is 439 g/mol. The molecule has 1 aliphatic heterocycles. The summed E-state index contributed by atoms with van der Waals surface area (Å²) in [5.74, 6) is 0.824. The van der Waals surface area contributed by atoms with Crippen LogP contribution in [0.15, 0.2) is 53.5 Å². The molecule has 2 aromatic carbocycles.